The molecule has 29 heavy (non-hydrogen) atoms. The lowest BCUT2D eigenvalue weighted by Crippen LogP contribution is -2.35. The maximum atomic E-state index is 12.9. The van der Waals surface area contributed by atoms with Crippen molar-refractivity contribution in [3.8, 4) is 0 Å². The molecule has 152 valence electrons. The minimum Gasteiger partial charge on any atom is -0.355 e. The molecule has 3 aromatic rings. The number of aromatic nitrogens is 1. The highest BCUT2D eigenvalue weighted by Crippen LogP contribution is 2.26. The van der Waals surface area contributed by atoms with Crippen molar-refractivity contribution < 1.29 is 17.7 Å². The fourth-order valence-electron chi connectivity index (χ4n) is 3.73. The smallest absolute Gasteiger partial charge is 0.276 e. The molecule has 4 rings (SSSR count). The van der Waals surface area contributed by atoms with E-state index in [9.17, 15) is 13.2 Å². The number of rotatable bonds is 4. The Labute approximate surface area is 169 Å². The summed E-state index contributed by atoms with van der Waals surface area (Å²) in [4.78, 5) is 14.6. The van der Waals surface area contributed by atoms with Crippen molar-refractivity contribution in [3.63, 3.8) is 0 Å². The molecule has 1 fully saturated rings. The van der Waals surface area contributed by atoms with Crippen LogP contribution in [0.1, 0.15) is 40.9 Å². The van der Waals surface area contributed by atoms with Crippen molar-refractivity contribution in [3.05, 3.63) is 53.2 Å². The molecule has 1 aromatic heterocycles. The lowest BCUT2D eigenvalue weighted by molar-refractivity contribution is 0.0716. The molecule has 7 nitrogen and oxygen atoms in total. The van der Waals surface area contributed by atoms with E-state index in [1.54, 1.807) is 17.0 Å². The number of carbonyl (C=O) groups is 1. The van der Waals surface area contributed by atoms with E-state index in [1.165, 1.54) is 18.2 Å². The van der Waals surface area contributed by atoms with Crippen LogP contribution in [-0.4, -0.2) is 37.5 Å². The summed E-state index contributed by atoms with van der Waals surface area (Å²) in [5.74, 6) is -0.222. The number of benzene rings is 2. The van der Waals surface area contributed by atoms with Gasteiger partial charge in [0.2, 0.25) is 0 Å². The van der Waals surface area contributed by atoms with Gasteiger partial charge in [-0.25, -0.2) is 8.42 Å². The number of anilines is 1. The molecule has 1 N–H and O–H groups in total. The van der Waals surface area contributed by atoms with Crippen LogP contribution in [0.15, 0.2) is 45.8 Å². The van der Waals surface area contributed by atoms with Crippen molar-refractivity contribution in [1.82, 2.24) is 10.1 Å². The number of nitrogens with one attached hydrogen (secondary N) is 1. The molecular formula is C21H23N3O4S. The van der Waals surface area contributed by atoms with Crippen molar-refractivity contribution >= 4 is 32.6 Å². The van der Waals surface area contributed by atoms with Crippen molar-refractivity contribution in [2.75, 3.05) is 17.8 Å². The Morgan fingerprint density at radius 3 is 2.41 bits per heavy atom. The molecule has 0 radical (unpaired) electrons. The number of likely N-dealkylation sites (tertiary alicyclic amines) is 1. The van der Waals surface area contributed by atoms with Gasteiger partial charge in [0, 0.05) is 18.8 Å². The topological polar surface area (TPSA) is 92.5 Å². The van der Waals surface area contributed by atoms with Crippen molar-refractivity contribution in [2.24, 2.45) is 0 Å². The second-order valence-corrected chi connectivity index (χ2v) is 9.21. The minimum atomic E-state index is -3.83. The summed E-state index contributed by atoms with van der Waals surface area (Å²) in [6.07, 6.45) is 3.03. The number of hydrogen-bond acceptors (Lipinski definition) is 5. The lowest BCUT2D eigenvalue weighted by Gasteiger charge is -2.25. The SMILES string of the molecule is Cc1cc(C)cc(NS(=O)(=O)c2ccc3onc(C(=O)N4CCCCC4)c3c2)c1. The molecule has 0 spiro atoms. The number of nitrogens with zero attached hydrogens (tertiary/aromatic N) is 2. The fourth-order valence-corrected chi connectivity index (χ4v) is 4.80. The highest BCUT2D eigenvalue weighted by atomic mass is 32.2. The zero-order valence-corrected chi connectivity index (χ0v) is 17.3. The quantitative estimate of drug-likeness (QED) is 0.701. The number of carbonyl (C=O) groups excluding carboxylic acids is 1. The molecule has 0 aliphatic carbocycles. The van der Waals surface area contributed by atoms with Crippen LogP contribution in [0.25, 0.3) is 11.0 Å². The van der Waals surface area contributed by atoms with E-state index in [4.69, 9.17) is 4.52 Å². The number of aryl methyl sites for hydroxylation is 2. The monoisotopic (exact) mass is 413 g/mol. The Hall–Kier alpha value is -2.87. The van der Waals surface area contributed by atoms with E-state index in [1.807, 2.05) is 19.9 Å². The van der Waals surface area contributed by atoms with Gasteiger partial charge in [0.15, 0.2) is 11.3 Å². The summed E-state index contributed by atoms with van der Waals surface area (Å²) in [6, 6.07) is 9.95. The maximum Gasteiger partial charge on any atom is 0.276 e. The van der Waals surface area contributed by atoms with Gasteiger partial charge >= 0.3 is 0 Å². The Balaban J connectivity index is 1.68. The van der Waals surface area contributed by atoms with Crippen LogP contribution in [0.4, 0.5) is 5.69 Å². The Morgan fingerprint density at radius 2 is 1.72 bits per heavy atom. The van der Waals surface area contributed by atoms with E-state index in [0.717, 1.165) is 30.4 Å². The van der Waals surface area contributed by atoms with Gasteiger partial charge in [-0.2, -0.15) is 0 Å². The molecule has 1 amide bonds. The number of amides is 1. The highest BCUT2D eigenvalue weighted by Gasteiger charge is 2.25. The van der Waals surface area contributed by atoms with Crippen LogP contribution in [0.3, 0.4) is 0 Å². The number of fused-ring (bicyclic) bond motifs is 1. The first-order valence-electron chi connectivity index (χ1n) is 9.63. The average molecular weight is 413 g/mol. The largest absolute Gasteiger partial charge is 0.355 e. The molecular weight excluding hydrogens is 390 g/mol. The van der Waals surface area contributed by atoms with Crippen LogP contribution in [-0.2, 0) is 10.0 Å². The number of piperidine rings is 1. The van der Waals surface area contributed by atoms with Crippen LogP contribution < -0.4 is 4.72 Å². The molecule has 1 aliphatic heterocycles. The minimum absolute atomic E-state index is 0.0556. The molecule has 1 saturated heterocycles. The van der Waals surface area contributed by atoms with Gasteiger partial charge in [-0.15, -0.1) is 0 Å². The van der Waals surface area contributed by atoms with Gasteiger partial charge in [0.25, 0.3) is 15.9 Å². The summed E-state index contributed by atoms with van der Waals surface area (Å²) in [7, 11) is -3.83. The van der Waals surface area contributed by atoms with E-state index >= 15 is 0 Å². The van der Waals surface area contributed by atoms with Crippen molar-refractivity contribution in [2.45, 2.75) is 38.0 Å². The van der Waals surface area contributed by atoms with Crippen LogP contribution >= 0.6 is 0 Å². The Bertz CT molecular complexity index is 1160. The van der Waals surface area contributed by atoms with Gasteiger partial charge in [0.1, 0.15) is 0 Å². The second-order valence-electron chi connectivity index (χ2n) is 7.52. The highest BCUT2D eigenvalue weighted by molar-refractivity contribution is 7.92. The summed E-state index contributed by atoms with van der Waals surface area (Å²) in [6.45, 7) is 5.18. The molecule has 2 heterocycles. The second kappa shape index (κ2) is 7.51. The maximum absolute atomic E-state index is 12.9. The summed E-state index contributed by atoms with van der Waals surface area (Å²) >= 11 is 0. The molecule has 0 atom stereocenters. The van der Waals surface area contributed by atoms with Crippen LogP contribution in [0.5, 0.6) is 0 Å². The van der Waals surface area contributed by atoms with E-state index in [0.29, 0.717) is 29.7 Å². The van der Waals surface area contributed by atoms with E-state index in [-0.39, 0.29) is 16.5 Å². The lowest BCUT2D eigenvalue weighted by atomic mass is 10.1. The average Bonchev–Trinajstić information content (AvgIpc) is 3.10. The predicted octanol–water partition coefficient (Wildman–Crippen LogP) is 3.87. The van der Waals surface area contributed by atoms with Crippen molar-refractivity contribution in [1.29, 1.82) is 0 Å². The first kappa shape index (κ1) is 19.4. The molecule has 8 heteroatoms. The summed E-state index contributed by atoms with van der Waals surface area (Å²) in [5.41, 5.74) is 2.97. The Kier molecular flexibility index (Phi) is 5.04. The first-order valence-corrected chi connectivity index (χ1v) is 11.1. The van der Waals surface area contributed by atoms with Crippen LogP contribution in [0, 0.1) is 13.8 Å². The normalized spacial score (nSPS) is 14.9. The van der Waals surface area contributed by atoms with E-state index in [2.05, 4.69) is 9.88 Å². The molecule has 2 aromatic carbocycles. The van der Waals surface area contributed by atoms with Gasteiger partial charge in [0.05, 0.1) is 10.3 Å². The summed E-state index contributed by atoms with van der Waals surface area (Å²) in [5, 5.41) is 4.33. The third-order valence-corrected chi connectivity index (χ3v) is 6.45. The molecule has 1 aliphatic rings. The zero-order valence-electron chi connectivity index (χ0n) is 16.4. The zero-order chi connectivity index (χ0) is 20.6. The van der Waals surface area contributed by atoms with Crippen LogP contribution in [0.2, 0.25) is 0 Å². The van der Waals surface area contributed by atoms with Gasteiger partial charge < -0.3 is 9.42 Å². The van der Waals surface area contributed by atoms with Gasteiger partial charge in [-0.3, -0.25) is 9.52 Å². The van der Waals surface area contributed by atoms with E-state index < -0.39 is 10.0 Å². The van der Waals surface area contributed by atoms with Gasteiger partial charge in [-0.05, 0) is 74.6 Å². The fraction of sp³-hybridized carbons (Fsp3) is 0.333. The molecule has 0 unspecified atom stereocenters. The Morgan fingerprint density at radius 1 is 1.03 bits per heavy atom. The predicted molar refractivity (Wildman–Crippen MR) is 110 cm³/mol. The third-order valence-electron chi connectivity index (χ3n) is 5.07. The first-order chi connectivity index (χ1) is 13.8. The summed E-state index contributed by atoms with van der Waals surface area (Å²) < 4.78 is 33.7. The number of sulfonamides is 1. The third kappa shape index (κ3) is 3.98. The molecule has 0 bridgehead atoms. The van der Waals surface area contributed by atoms with Gasteiger partial charge in [-0.1, -0.05) is 11.2 Å². The number of hydrogen-bond donors (Lipinski definition) is 1. The molecule has 0 saturated carbocycles. The standard InChI is InChI=1S/C21H23N3O4S/c1-14-10-15(2)12-16(11-14)23-29(26,27)17-6-7-19-18(13-17)20(22-28-19)21(25)24-8-4-3-5-9-24/h6-7,10-13,23H,3-5,8-9H2,1-2H3.